The lowest BCUT2D eigenvalue weighted by Gasteiger charge is -2.14. The first-order valence-electron chi connectivity index (χ1n) is 10.7. The SMILES string of the molecule is CC(C)NS(=O)(=O)c1ccc(NC(=S)NC(=O)c2ccccc2OCCc2ccccc2)cc1. The number of nitrogens with one attached hydrogen (secondary N) is 3. The summed E-state index contributed by atoms with van der Waals surface area (Å²) in [4.78, 5) is 12.9. The summed E-state index contributed by atoms with van der Waals surface area (Å²) in [6, 6.07) is 22.8. The molecular formula is C25H27N3O4S2. The minimum absolute atomic E-state index is 0.0833. The third-order valence-electron chi connectivity index (χ3n) is 4.66. The Balaban J connectivity index is 1.58. The zero-order chi connectivity index (χ0) is 24.6. The van der Waals surface area contributed by atoms with E-state index in [0.29, 0.717) is 23.6 Å². The fraction of sp³-hybridized carbons (Fsp3) is 0.200. The molecule has 0 unspecified atom stereocenters. The van der Waals surface area contributed by atoms with Crippen LogP contribution in [0.4, 0.5) is 5.69 Å². The van der Waals surface area contributed by atoms with Crippen LogP contribution in [0.25, 0.3) is 0 Å². The number of thiocarbonyl (C=S) groups is 1. The number of sulfonamides is 1. The average Bonchev–Trinajstić information content (AvgIpc) is 2.79. The number of ether oxygens (including phenoxy) is 1. The van der Waals surface area contributed by atoms with Gasteiger partial charge in [0.1, 0.15) is 5.75 Å². The molecule has 3 aromatic rings. The highest BCUT2D eigenvalue weighted by Gasteiger charge is 2.16. The summed E-state index contributed by atoms with van der Waals surface area (Å²) in [5.41, 5.74) is 2.05. The molecule has 0 aliphatic rings. The monoisotopic (exact) mass is 497 g/mol. The molecule has 178 valence electrons. The summed E-state index contributed by atoms with van der Waals surface area (Å²) in [6.45, 7) is 3.93. The van der Waals surface area contributed by atoms with E-state index in [-0.39, 0.29) is 16.0 Å². The molecule has 7 nitrogen and oxygen atoms in total. The van der Waals surface area contributed by atoms with E-state index in [1.54, 1.807) is 50.2 Å². The number of carbonyl (C=O) groups is 1. The van der Waals surface area contributed by atoms with Gasteiger partial charge in [-0.1, -0.05) is 42.5 Å². The van der Waals surface area contributed by atoms with Crippen LogP contribution in [0.5, 0.6) is 5.75 Å². The zero-order valence-electron chi connectivity index (χ0n) is 18.9. The molecule has 0 spiro atoms. The average molecular weight is 498 g/mol. The quantitative estimate of drug-likeness (QED) is 0.385. The minimum Gasteiger partial charge on any atom is -0.492 e. The topological polar surface area (TPSA) is 96.5 Å². The van der Waals surface area contributed by atoms with Crippen molar-refractivity contribution in [1.29, 1.82) is 0 Å². The van der Waals surface area contributed by atoms with Crippen molar-refractivity contribution in [2.24, 2.45) is 0 Å². The third-order valence-corrected chi connectivity index (χ3v) is 6.54. The molecule has 0 saturated carbocycles. The molecule has 0 bridgehead atoms. The van der Waals surface area contributed by atoms with Gasteiger partial charge in [0.25, 0.3) is 5.91 Å². The molecule has 0 aromatic heterocycles. The maximum Gasteiger partial charge on any atom is 0.261 e. The smallest absolute Gasteiger partial charge is 0.261 e. The van der Waals surface area contributed by atoms with Crippen molar-refractivity contribution in [3.05, 3.63) is 90.0 Å². The van der Waals surface area contributed by atoms with Crippen LogP contribution in [-0.2, 0) is 16.4 Å². The lowest BCUT2D eigenvalue weighted by Crippen LogP contribution is -2.34. The molecule has 0 fully saturated rings. The van der Waals surface area contributed by atoms with Gasteiger partial charge in [-0.2, -0.15) is 0 Å². The van der Waals surface area contributed by atoms with Crippen LogP contribution >= 0.6 is 12.2 Å². The first-order chi connectivity index (χ1) is 16.2. The number of benzene rings is 3. The zero-order valence-corrected chi connectivity index (χ0v) is 20.6. The Morgan fingerprint density at radius 1 is 0.941 bits per heavy atom. The number of hydrogen-bond donors (Lipinski definition) is 3. The van der Waals surface area contributed by atoms with Gasteiger partial charge in [-0.3, -0.25) is 10.1 Å². The molecule has 3 aromatic carbocycles. The predicted octanol–water partition coefficient (Wildman–Crippen LogP) is 4.12. The first kappa shape index (κ1) is 25.4. The lowest BCUT2D eigenvalue weighted by atomic mass is 10.1. The van der Waals surface area contributed by atoms with Crippen LogP contribution in [0.2, 0.25) is 0 Å². The highest BCUT2D eigenvalue weighted by Crippen LogP contribution is 2.19. The summed E-state index contributed by atoms with van der Waals surface area (Å²) in [6.07, 6.45) is 0.717. The summed E-state index contributed by atoms with van der Waals surface area (Å²) in [5.74, 6) is 0.0547. The highest BCUT2D eigenvalue weighted by atomic mass is 32.2. The normalized spacial score (nSPS) is 11.1. The van der Waals surface area contributed by atoms with E-state index in [1.165, 1.54) is 12.1 Å². The molecule has 1 amide bonds. The van der Waals surface area contributed by atoms with Gasteiger partial charge in [-0.15, -0.1) is 0 Å². The summed E-state index contributed by atoms with van der Waals surface area (Å²) >= 11 is 5.26. The molecular weight excluding hydrogens is 470 g/mol. The van der Waals surface area contributed by atoms with Crippen LogP contribution < -0.4 is 20.1 Å². The second-order valence-electron chi connectivity index (χ2n) is 7.79. The third kappa shape index (κ3) is 7.38. The van der Waals surface area contributed by atoms with Gasteiger partial charge in [-0.25, -0.2) is 13.1 Å². The molecule has 0 atom stereocenters. The van der Waals surface area contributed by atoms with Crippen molar-refractivity contribution in [1.82, 2.24) is 10.0 Å². The van der Waals surface area contributed by atoms with E-state index >= 15 is 0 Å². The van der Waals surface area contributed by atoms with Crippen molar-refractivity contribution >= 4 is 38.9 Å². The van der Waals surface area contributed by atoms with Crippen molar-refractivity contribution in [3.8, 4) is 5.75 Å². The number of amides is 1. The van der Waals surface area contributed by atoms with E-state index in [2.05, 4.69) is 15.4 Å². The Morgan fingerprint density at radius 3 is 2.26 bits per heavy atom. The van der Waals surface area contributed by atoms with Gasteiger partial charge in [0.2, 0.25) is 10.0 Å². The number of anilines is 1. The number of carbonyl (C=O) groups excluding carboxylic acids is 1. The minimum atomic E-state index is -3.58. The van der Waals surface area contributed by atoms with Gasteiger partial charge >= 0.3 is 0 Å². The molecule has 0 aliphatic carbocycles. The number of rotatable bonds is 9. The fourth-order valence-electron chi connectivity index (χ4n) is 3.13. The Labute approximate surface area is 205 Å². The van der Waals surface area contributed by atoms with Crippen LogP contribution in [0, 0.1) is 0 Å². The predicted molar refractivity (Wildman–Crippen MR) is 138 cm³/mol. The van der Waals surface area contributed by atoms with E-state index in [1.807, 2.05) is 30.3 Å². The van der Waals surface area contributed by atoms with Crippen LogP contribution in [-0.4, -0.2) is 32.1 Å². The second-order valence-corrected chi connectivity index (χ2v) is 9.91. The fourth-order valence-corrected chi connectivity index (χ4v) is 4.59. The first-order valence-corrected chi connectivity index (χ1v) is 12.6. The molecule has 0 radical (unpaired) electrons. The van der Waals surface area contributed by atoms with Gasteiger partial charge in [0.05, 0.1) is 17.1 Å². The van der Waals surface area contributed by atoms with E-state index in [0.717, 1.165) is 12.0 Å². The van der Waals surface area contributed by atoms with Gasteiger partial charge in [-0.05, 0) is 68.0 Å². The van der Waals surface area contributed by atoms with Gasteiger partial charge in [0, 0.05) is 18.2 Å². The summed E-state index contributed by atoms with van der Waals surface area (Å²) in [7, 11) is -3.58. The van der Waals surface area contributed by atoms with Crippen LogP contribution in [0.15, 0.2) is 83.8 Å². The summed E-state index contributed by atoms with van der Waals surface area (Å²) < 4.78 is 32.9. The Kier molecular flexibility index (Phi) is 8.75. The Hall–Kier alpha value is -3.27. The van der Waals surface area contributed by atoms with Crippen LogP contribution in [0.1, 0.15) is 29.8 Å². The number of para-hydroxylation sites is 1. The van der Waals surface area contributed by atoms with Crippen molar-refractivity contribution in [2.45, 2.75) is 31.2 Å². The molecule has 0 aliphatic heterocycles. The molecule has 0 heterocycles. The van der Waals surface area contributed by atoms with E-state index in [4.69, 9.17) is 17.0 Å². The second kappa shape index (κ2) is 11.7. The van der Waals surface area contributed by atoms with Crippen molar-refractivity contribution in [3.63, 3.8) is 0 Å². The van der Waals surface area contributed by atoms with Crippen molar-refractivity contribution < 1.29 is 17.9 Å². The lowest BCUT2D eigenvalue weighted by molar-refractivity contribution is 0.0974. The molecule has 3 rings (SSSR count). The van der Waals surface area contributed by atoms with Crippen LogP contribution in [0.3, 0.4) is 0 Å². The number of hydrogen-bond acceptors (Lipinski definition) is 5. The Morgan fingerprint density at radius 2 is 1.59 bits per heavy atom. The molecule has 34 heavy (non-hydrogen) atoms. The van der Waals surface area contributed by atoms with E-state index < -0.39 is 15.9 Å². The van der Waals surface area contributed by atoms with E-state index in [9.17, 15) is 13.2 Å². The Bertz CT molecular complexity index is 1230. The molecule has 3 N–H and O–H groups in total. The molecule has 0 saturated heterocycles. The van der Waals surface area contributed by atoms with Crippen molar-refractivity contribution in [2.75, 3.05) is 11.9 Å². The maximum absolute atomic E-state index is 12.8. The van der Waals surface area contributed by atoms with Gasteiger partial charge in [0.15, 0.2) is 5.11 Å². The molecule has 9 heteroatoms. The highest BCUT2D eigenvalue weighted by molar-refractivity contribution is 7.89. The van der Waals surface area contributed by atoms with Gasteiger partial charge < -0.3 is 10.1 Å². The largest absolute Gasteiger partial charge is 0.492 e. The standard InChI is InChI=1S/C25H27N3O4S2/c1-18(2)28-34(30,31)21-14-12-20(13-15-21)26-25(33)27-24(29)22-10-6-7-11-23(22)32-17-16-19-8-4-3-5-9-19/h3-15,18,28H,16-17H2,1-2H3,(H2,26,27,29,33). The summed E-state index contributed by atoms with van der Waals surface area (Å²) in [5, 5.41) is 5.61. The maximum atomic E-state index is 12.8.